The van der Waals surface area contributed by atoms with E-state index in [1.54, 1.807) is 0 Å². The lowest BCUT2D eigenvalue weighted by Crippen LogP contribution is -2.29. The minimum Gasteiger partial charge on any atom is -0.508 e. The molecule has 2 atom stereocenters. The van der Waals surface area contributed by atoms with E-state index >= 15 is 0 Å². The van der Waals surface area contributed by atoms with Gasteiger partial charge in [-0.25, -0.2) is 0 Å². The van der Waals surface area contributed by atoms with E-state index in [0.29, 0.717) is 17.2 Å². The van der Waals surface area contributed by atoms with Crippen molar-refractivity contribution in [3.63, 3.8) is 0 Å². The monoisotopic (exact) mass is 287 g/mol. The maximum atomic E-state index is 10.0. The molecule has 1 aromatic carbocycles. The molecule has 1 aromatic rings. The summed E-state index contributed by atoms with van der Waals surface area (Å²) in [6.45, 7) is 9.58. The number of hydrogen-bond acceptors (Lipinski definition) is 2. The molecule has 0 saturated carbocycles. The van der Waals surface area contributed by atoms with Gasteiger partial charge in [-0.1, -0.05) is 32.9 Å². The molecule has 1 aliphatic heterocycles. The molecule has 0 radical (unpaired) electrons. The van der Waals surface area contributed by atoms with Crippen molar-refractivity contribution in [2.45, 2.75) is 58.9 Å². The summed E-state index contributed by atoms with van der Waals surface area (Å²) in [6.07, 6.45) is 6.19. The third-order valence-corrected chi connectivity index (χ3v) is 5.64. The Hall–Kier alpha value is -1.02. The summed E-state index contributed by atoms with van der Waals surface area (Å²) in [5.41, 5.74) is 3.00. The van der Waals surface area contributed by atoms with Crippen LogP contribution < -0.4 is 0 Å². The Labute approximate surface area is 129 Å². The van der Waals surface area contributed by atoms with Crippen molar-refractivity contribution in [2.75, 3.05) is 13.1 Å². The van der Waals surface area contributed by atoms with E-state index in [1.165, 1.54) is 49.9 Å². The summed E-state index contributed by atoms with van der Waals surface area (Å²) in [5.74, 6) is 1.34. The first-order valence-electron chi connectivity index (χ1n) is 8.51. The van der Waals surface area contributed by atoms with Crippen LogP contribution >= 0.6 is 0 Å². The smallest absolute Gasteiger partial charge is 0.119 e. The molecule has 0 amide bonds. The zero-order chi connectivity index (χ0) is 15.0. The minimum atomic E-state index is 0.432. The van der Waals surface area contributed by atoms with Gasteiger partial charge in [0.1, 0.15) is 5.75 Å². The van der Waals surface area contributed by atoms with Crippen LogP contribution in [0, 0.1) is 11.3 Å². The van der Waals surface area contributed by atoms with Crippen molar-refractivity contribution < 1.29 is 5.11 Å². The van der Waals surface area contributed by atoms with Crippen molar-refractivity contribution in [3.8, 4) is 5.75 Å². The van der Waals surface area contributed by atoms with Crippen LogP contribution in [-0.4, -0.2) is 23.1 Å². The highest BCUT2D eigenvalue weighted by molar-refractivity contribution is 5.44. The normalized spacial score (nSPS) is 27.4. The molecule has 1 heterocycles. The molecule has 116 valence electrons. The third kappa shape index (κ3) is 2.96. The molecule has 0 bridgehead atoms. The predicted molar refractivity (Wildman–Crippen MR) is 87.5 cm³/mol. The quantitative estimate of drug-likeness (QED) is 0.820. The number of fused-ring (bicyclic) bond motifs is 1. The van der Waals surface area contributed by atoms with Gasteiger partial charge in [-0.05, 0) is 73.7 Å². The second kappa shape index (κ2) is 5.64. The fraction of sp³-hybridized carbons (Fsp3) is 0.684. The van der Waals surface area contributed by atoms with E-state index in [9.17, 15) is 5.11 Å². The average molecular weight is 287 g/mol. The van der Waals surface area contributed by atoms with Crippen LogP contribution in [0.15, 0.2) is 18.2 Å². The SMILES string of the molecule is CC(C)(C)C1CCCN(C2CCc3c(O)cccc32)CC1. The number of benzene rings is 1. The summed E-state index contributed by atoms with van der Waals surface area (Å²) >= 11 is 0. The Morgan fingerprint density at radius 3 is 2.67 bits per heavy atom. The highest BCUT2D eigenvalue weighted by atomic mass is 16.3. The second-order valence-electron chi connectivity index (χ2n) is 7.93. The zero-order valence-electron chi connectivity index (χ0n) is 13.7. The lowest BCUT2D eigenvalue weighted by Gasteiger charge is -2.31. The molecule has 0 aromatic heterocycles. The maximum absolute atomic E-state index is 10.0. The van der Waals surface area contributed by atoms with E-state index < -0.39 is 0 Å². The molecule has 1 aliphatic carbocycles. The molecule has 2 unspecified atom stereocenters. The molecule has 2 nitrogen and oxygen atoms in total. The van der Waals surface area contributed by atoms with Crippen LogP contribution in [0.1, 0.15) is 63.6 Å². The summed E-state index contributed by atoms with van der Waals surface area (Å²) in [4.78, 5) is 2.68. The molecule has 1 fully saturated rings. The fourth-order valence-electron chi connectivity index (χ4n) is 4.29. The van der Waals surface area contributed by atoms with Gasteiger partial charge in [0.25, 0.3) is 0 Å². The van der Waals surface area contributed by atoms with Crippen LogP contribution in [0.3, 0.4) is 0 Å². The van der Waals surface area contributed by atoms with Gasteiger partial charge in [-0.2, -0.15) is 0 Å². The first-order chi connectivity index (χ1) is 9.97. The number of nitrogens with zero attached hydrogens (tertiary/aromatic N) is 1. The first-order valence-corrected chi connectivity index (χ1v) is 8.51. The third-order valence-electron chi connectivity index (χ3n) is 5.64. The summed E-state index contributed by atoms with van der Waals surface area (Å²) in [5, 5.41) is 10.0. The molecule has 2 heteroatoms. The largest absolute Gasteiger partial charge is 0.508 e. The standard InChI is InChI=1S/C19H29NO/c1-19(2,3)14-6-5-12-20(13-11-14)17-10-9-16-15(17)7-4-8-18(16)21/h4,7-8,14,17,21H,5-6,9-13H2,1-3H3. The number of aromatic hydroxyl groups is 1. The highest BCUT2D eigenvalue weighted by Gasteiger charge is 2.33. The van der Waals surface area contributed by atoms with Gasteiger partial charge in [0.15, 0.2) is 0 Å². The van der Waals surface area contributed by atoms with Crippen LogP contribution in [0.2, 0.25) is 0 Å². The van der Waals surface area contributed by atoms with Crippen molar-refractivity contribution in [2.24, 2.45) is 11.3 Å². The van der Waals surface area contributed by atoms with Crippen molar-refractivity contribution in [3.05, 3.63) is 29.3 Å². The van der Waals surface area contributed by atoms with Gasteiger partial charge in [0.05, 0.1) is 0 Å². The predicted octanol–water partition coefficient (Wildman–Crippen LogP) is 4.53. The topological polar surface area (TPSA) is 23.5 Å². The van der Waals surface area contributed by atoms with Gasteiger partial charge >= 0.3 is 0 Å². The average Bonchev–Trinajstić information content (AvgIpc) is 2.68. The fourth-order valence-corrected chi connectivity index (χ4v) is 4.29. The molecule has 0 spiro atoms. The number of likely N-dealkylation sites (tertiary alicyclic amines) is 1. The molecule has 2 aliphatic rings. The van der Waals surface area contributed by atoms with E-state index in [1.807, 2.05) is 12.1 Å². The summed E-state index contributed by atoms with van der Waals surface area (Å²) in [6, 6.07) is 6.59. The van der Waals surface area contributed by atoms with Gasteiger partial charge in [-0.3, -0.25) is 4.90 Å². The van der Waals surface area contributed by atoms with E-state index in [-0.39, 0.29) is 0 Å². The molecular formula is C19H29NO. The van der Waals surface area contributed by atoms with Gasteiger partial charge in [0, 0.05) is 6.04 Å². The minimum absolute atomic E-state index is 0.432. The van der Waals surface area contributed by atoms with Crippen molar-refractivity contribution in [1.82, 2.24) is 4.90 Å². The van der Waals surface area contributed by atoms with Crippen LogP contribution in [0.5, 0.6) is 5.75 Å². The van der Waals surface area contributed by atoms with E-state index in [2.05, 4.69) is 31.7 Å². The van der Waals surface area contributed by atoms with Gasteiger partial charge in [0.2, 0.25) is 0 Å². The van der Waals surface area contributed by atoms with Crippen LogP contribution in [0.4, 0.5) is 0 Å². The molecule has 1 saturated heterocycles. The summed E-state index contributed by atoms with van der Waals surface area (Å²) < 4.78 is 0. The Balaban J connectivity index is 1.74. The number of phenols is 1. The maximum Gasteiger partial charge on any atom is 0.119 e. The summed E-state index contributed by atoms with van der Waals surface area (Å²) in [7, 11) is 0. The Morgan fingerprint density at radius 1 is 1.10 bits per heavy atom. The van der Waals surface area contributed by atoms with Crippen molar-refractivity contribution >= 4 is 0 Å². The van der Waals surface area contributed by atoms with E-state index in [4.69, 9.17) is 0 Å². The Kier molecular flexibility index (Phi) is 4.00. The number of phenolic OH excluding ortho intramolecular Hbond substituents is 1. The first kappa shape index (κ1) is 14.9. The number of rotatable bonds is 1. The van der Waals surface area contributed by atoms with E-state index in [0.717, 1.165) is 12.3 Å². The van der Waals surface area contributed by atoms with Crippen LogP contribution in [-0.2, 0) is 6.42 Å². The highest BCUT2D eigenvalue weighted by Crippen LogP contribution is 2.42. The van der Waals surface area contributed by atoms with Gasteiger partial charge in [-0.15, -0.1) is 0 Å². The molecule has 3 rings (SSSR count). The zero-order valence-corrected chi connectivity index (χ0v) is 13.7. The molecule has 1 N–H and O–H groups in total. The molecular weight excluding hydrogens is 258 g/mol. The molecule has 21 heavy (non-hydrogen) atoms. The number of hydrogen-bond donors (Lipinski definition) is 1. The lowest BCUT2D eigenvalue weighted by molar-refractivity contribution is 0.182. The Bertz CT molecular complexity index is 503. The second-order valence-corrected chi connectivity index (χ2v) is 7.93. The lowest BCUT2D eigenvalue weighted by atomic mass is 9.77. The van der Waals surface area contributed by atoms with Crippen molar-refractivity contribution in [1.29, 1.82) is 0 Å². The Morgan fingerprint density at radius 2 is 1.90 bits per heavy atom. The van der Waals surface area contributed by atoms with Crippen LogP contribution in [0.25, 0.3) is 0 Å². The van der Waals surface area contributed by atoms with Gasteiger partial charge < -0.3 is 5.11 Å².